The molecule has 7 nitrogen and oxygen atoms in total. The fourth-order valence-electron chi connectivity index (χ4n) is 4.30. The second-order valence-corrected chi connectivity index (χ2v) is 10.2. The standard InChI is InChI=1S/C26H34N4O3S/c1-29(2)12-13-33-22-10-8-19(9-11-22)15-27-21-14-24-25(31)28-23(26(32)30(24)16-21)18-34-17-20-6-4-3-5-7-20/h3-11,21,23-24,27H,12-18H2,1-2H3,(H,28,31)/t21-,23-,24-/m0/s1. The summed E-state index contributed by atoms with van der Waals surface area (Å²) in [6.07, 6.45) is 0.646. The molecule has 2 aliphatic rings. The summed E-state index contributed by atoms with van der Waals surface area (Å²) in [4.78, 5) is 29.6. The van der Waals surface area contributed by atoms with E-state index in [2.05, 4.69) is 39.8 Å². The zero-order chi connectivity index (χ0) is 23.9. The third kappa shape index (κ3) is 6.52. The summed E-state index contributed by atoms with van der Waals surface area (Å²) in [6, 6.07) is 17.5. The molecule has 2 aliphatic heterocycles. The Labute approximate surface area is 206 Å². The zero-order valence-corrected chi connectivity index (χ0v) is 20.7. The van der Waals surface area contributed by atoms with Gasteiger partial charge in [-0.05, 0) is 43.8 Å². The van der Waals surface area contributed by atoms with Crippen LogP contribution in [-0.4, -0.2) is 79.3 Å². The monoisotopic (exact) mass is 482 g/mol. The van der Waals surface area contributed by atoms with Crippen LogP contribution in [0.2, 0.25) is 0 Å². The molecule has 4 rings (SSSR count). The molecule has 3 atom stereocenters. The molecule has 0 unspecified atom stereocenters. The summed E-state index contributed by atoms with van der Waals surface area (Å²) in [7, 11) is 4.05. The van der Waals surface area contributed by atoms with E-state index in [0.717, 1.165) is 23.6 Å². The van der Waals surface area contributed by atoms with E-state index in [1.54, 1.807) is 16.7 Å². The summed E-state index contributed by atoms with van der Waals surface area (Å²) in [6.45, 7) is 2.80. The van der Waals surface area contributed by atoms with Crippen molar-refractivity contribution in [3.8, 4) is 5.75 Å². The average molecular weight is 483 g/mol. The highest BCUT2D eigenvalue weighted by molar-refractivity contribution is 7.98. The first-order chi connectivity index (χ1) is 16.5. The molecule has 2 aromatic rings. The number of likely N-dealkylation sites (N-methyl/N-ethyl adjacent to an activating group) is 1. The summed E-state index contributed by atoms with van der Waals surface area (Å²) < 4.78 is 5.75. The van der Waals surface area contributed by atoms with Gasteiger partial charge in [-0.1, -0.05) is 42.5 Å². The first-order valence-electron chi connectivity index (χ1n) is 11.8. The zero-order valence-electron chi connectivity index (χ0n) is 19.9. The van der Waals surface area contributed by atoms with Gasteiger partial charge in [-0.15, -0.1) is 0 Å². The predicted octanol–water partition coefficient (Wildman–Crippen LogP) is 2.12. The highest BCUT2D eigenvalue weighted by Crippen LogP contribution is 2.25. The molecule has 2 aromatic carbocycles. The highest BCUT2D eigenvalue weighted by atomic mass is 32.2. The van der Waals surface area contributed by atoms with Crippen LogP contribution < -0.4 is 15.4 Å². The van der Waals surface area contributed by atoms with Crippen molar-refractivity contribution in [3.63, 3.8) is 0 Å². The van der Waals surface area contributed by atoms with Crippen molar-refractivity contribution < 1.29 is 14.3 Å². The van der Waals surface area contributed by atoms with Crippen molar-refractivity contribution in [2.24, 2.45) is 0 Å². The smallest absolute Gasteiger partial charge is 0.246 e. The van der Waals surface area contributed by atoms with Crippen LogP contribution in [0.1, 0.15) is 17.5 Å². The van der Waals surface area contributed by atoms with Gasteiger partial charge in [0.25, 0.3) is 0 Å². The Morgan fingerprint density at radius 1 is 1.09 bits per heavy atom. The van der Waals surface area contributed by atoms with Crippen LogP contribution in [0.4, 0.5) is 0 Å². The van der Waals surface area contributed by atoms with Gasteiger partial charge in [0.15, 0.2) is 0 Å². The van der Waals surface area contributed by atoms with E-state index in [1.807, 2.05) is 44.4 Å². The van der Waals surface area contributed by atoms with Crippen LogP contribution in [0.3, 0.4) is 0 Å². The molecule has 182 valence electrons. The first kappa shape index (κ1) is 24.6. The van der Waals surface area contributed by atoms with E-state index in [9.17, 15) is 9.59 Å². The van der Waals surface area contributed by atoms with Gasteiger partial charge in [-0.3, -0.25) is 9.59 Å². The van der Waals surface area contributed by atoms with Crippen LogP contribution in [-0.2, 0) is 21.9 Å². The lowest BCUT2D eigenvalue weighted by molar-refractivity contribution is -0.146. The third-order valence-corrected chi connectivity index (χ3v) is 7.33. The van der Waals surface area contributed by atoms with Crippen molar-refractivity contribution in [2.45, 2.75) is 36.8 Å². The quantitative estimate of drug-likeness (QED) is 0.511. The fourth-order valence-corrected chi connectivity index (χ4v) is 5.31. The van der Waals surface area contributed by atoms with Gasteiger partial charge in [0.2, 0.25) is 11.8 Å². The first-order valence-corrected chi connectivity index (χ1v) is 13.0. The van der Waals surface area contributed by atoms with Crippen molar-refractivity contribution in [1.82, 2.24) is 20.4 Å². The van der Waals surface area contributed by atoms with Gasteiger partial charge < -0.3 is 25.2 Å². The Balaban J connectivity index is 1.23. The number of amides is 2. The maximum absolute atomic E-state index is 13.0. The van der Waals surface area contributed by atoms with Crippen molar-refractivity contribution in [2.75, 3.05) is 39.5 Å². The van der Waals surface area contributed by atoms with Crippen LogP contribution in [0.25, 0.3) is 0 Å². The molecular weight excluding hydrogens is 448 g/mol. The number of nitrogens with one attached hydrogen (secondary N) is 2. The van der Waals surface area contributed by atoms with Crippen LogP contribution in [0, 0.1) is 0 Å². The average Bonchev–Trinajstić information content (AvgIpc) is 3.27. The largest absolute Gasteiger partial charge is 0.492 e. The molecule has 0 radical (unpaired) electrons. The number of benzene rings is 2. The number of carbonyl (C=O) groups is 2. The Morgan fingerprint density at radius 2 is 1.85 bits per heavy atom. The summed E-state index contributed by atoms with van der Waals surface area (Å²) in [5, 5.41) is 6.48. The molecule has 34 heavy (non-hydrogen) atoms. The molecule has 2 fully saturated rings. The minimum Gasteiger partial charge on any atom is -0.492 e. The SMILES string of the molecule is CN(C)CCOc1ccc(CN[C@H]2C[C@H]3C(=O)N[C@@H](CSCc4ccccc4)C(=O)N3C2)cc1. The molecular formula is C26H34N4O3S. The molecule has 0 aliphatic carbocycles. The lowest BCUT2D eigenvalue weighted by atomic mass is 10.1. The number of rotatable bonds is 11. The molecule has 2 amide bonds. The van der Waals surface area contributed by atoms with E-state index in [1.165, 1.54) is 5.56 Å². The van der Waals surface area contributed by atoms with Gasteiger partial charge in [-0.25, -0.2) is 0 Å². The summed E-state index contributed by atoms with van der Waals surface area (Å²) >= 11 is 1.68. The Bertz CT molecular complexity index is 954. The number of ether oxygens (including phenoxy) is 1. The molecule has 0 saturated carbocycles. The second-order valence-electron chi connectivity index (χ2n) is 9.18. The number of hydrogen-bond acceptors (Lipinski definition) is 6. The summed E-state index contributed by atoms with van der Waals surface area (Å²) in [5.74, 6) is 2.28. The Hall–Kier alpha value is -2.55. The minimum absolute atomic E-state index is 0.0339. The second kappa shape index (κ2) is 11.7. The molecule has 0 bridgehead atoms. The van der Waals surface area contributed by atoms with Crippen LogP contribution in [0.5, 0.6) is 5.75 Å². The Kier molecular flexibility index (Phi) is 8.48. The van der Waals surface area contributed by atoms with Crippen molar-refractivity contribution in [1.29, 1.82) is 0 Å². The van der Waals surface area contributed by atoms with Gasteiger partial charge in [-0.2, -0.15) is 11.8 Å². The number of hydrogen-bond donors (Lipinski definition) is 2. The minimum atomic E-state index is -0.448. The molecule has 8 heteroatoms. The number of nitrogens with zero attached hydrogens (tertiary/aromatic N) is 2. The normalized spacial score (nSPS) is 22.1. The van der Waals surface area contributed by atoms with Crippen LogP contribution in [0.15, 0.2) is 54.6 Å². The molecule has 2 N–H and O–H groups in total. The number of thioether (sulfide) groups is 1. The maximum Gasteiger partial charge on any atom is 0.246 e. The summed E-state index contributed by atoms with van der Waals surface area (Å²) in [5.41, 5.74) is 2.37. The lowest BCUT2D eigenvalue weighted by Crippen LogP contribution is -2.61. The van der Waals surface area contributed by atoms with E-state index in [4.69, 9.17) is 4.74 Å². The van der Waals surface area contributed by atoms with Gasteiger partial charge in [0, 0.05) is 37.2 Å². The van der Waals surface area contributed by atoms with E-state index in [0.29, 0.717) is 31.9 Å². The number of fused-ring (bicyclic) bond motifs is 1. The molecule has 0 aromatic heterocycles. The van der Waals surface area contributed by atoms with Crippen molar-refractivity contribution in [3.05, 3.63) is 65.7 Å². The van der Waals surface area contributed by atoms with E-state index in [-0.39, 0.29) is 23.9 Å². The van der Waals surface area contributed by atoms with Gasteiger partial charge >= 0.3 is 0 Å². The number of piperazine rings is 1. The maximum atomic E-state index is 13.0. The molecule has 0 spiro atoms. The van der Waals surface area contributed by atoms with Crippen molar-refractivity contribution >= 4 is 23.6 Å². The van der Waals surface area contributed by atoms with E-state index < -0.39 is 6.04 Å². The number of carbonyl (C=O) groups excluding carboxylic acids is 2. The fraction of sp³-hybridized carbons (Fsp3) is 0.462. The lowest BCUT2D eigenvalue weighted by Gasteiger charge is -2.34. The predicted molar refractivity (Wildman–Crippen MR) is 136 cm³/mol. The third-order valence-electron chi connectivity index (χ3n) is 6.22. The highest BCUT2D eigenvalue weighted by Gasteiger charge is 2.46. The topological polar surface area (TPSA) is 73.9 Å². The van der Waals surface area contributed by atoms with Gasteiger partial charge in [0.1, 0.15) is 24.4 Å². The molecule has 2 saturated heterocycles. The van der Waals surface area contributed by atoms with E-state index >= 15 is 0 Å². The van der Waals surface area contributed by atoms with Gasteiger partial charge in [0.05, 0.1) is 0 Å². The Morgan fingerprint density at radius 3 is 2.59 bits per heavy atom. The molecule has 2 heterocycles. The van der Waals surface area contributed by atoms with Crippen LogP contribution >= 0.6 is 11.8 Å².